The normalized spacial score (nSPS) is 9.75. The smallest absolute Gasteiger partial charge is 0.298 e. The molecule has 0 aliphatic heterocycles. The van der Waals surface area contributed by atoms with Crippen molar-refractivity contribution in [3.63, 3.8) is 0 Å². The molecule has 86 valence electrons. The molecule has 1 rings (SSSR count). The molecule has 0 unspecified atom stereocenters. The first-order chi connectivity index (χ1) is 7.47. The number of hydrogen-bond donors (Lipinski definition) is 0. The van der Waals surface area contributed by atoms with Crippen molar-refractivity contribution in [1.29, 1.82) is 5.26 Å². The molecule has 0 spiro atoms. The largest absolute Gasteiger partial charge is 0.416 e. The Morgan fingerprint density at radius 3 is 2.19 bits per heavy atom. The van der Waals surface area contributed by atoms with Crippen LogP contribution in [0.4, 0.5) is 13.2 Å². The van der Waals surface area contributed by atoms with E-state index < -0.39 is 11.7 Å². The summed E-state index contributed by atoms with van der Waals surface area (Å²) in [4.78, 5) is 10.3. The molecule has 0 heterocycles. The molecule has 0 amide bonds. The molecule has 0 aromatic heterocycles. The summed E-state index contributed by atoms with van der Waals surface area (Å²) in [6.07, 6.45) is -4.26. The summed E-state index contributed by atoms with van der Waals surface area (Å²) in [5.74, 6) is 0. The van der Waals surface area contributed by atoms with Crippen LogP contribution in [0.15, 0.2) is 18.2 Å². The van der Waals surface area contributed by atoms with Crippen molar-refractivity contribution in [2.75, 3.05) is 0 Å². The maximum atomic E-state index is 12.2. The molecule has 16 heavy (non-hydrogen) atoms. The van der Waals surface area contributed by atoms with E-state index in [0.29, 0.717) is 12.1 Å². The lowest BCUT2D eigenvalue weighted by Crippen LogP contribution is -2.06. The summed E-state index contributed by atoms with van der Waals surface area (Å²) in [5, 5.41) is 8.41. The maximum Gasteiger partial charge on any atom is 0.416 e. The molecule has 0 aliphatic carbocycles. The average Bonchev–Trinajstić information content (AvgIpc) is 2.29. The molecule has 0 atom stereocenters. The van der Waals surface area contributed by atoms with Gasteiger partial charge in [0.2, 0.25) is 0 Å². The number of alkyl halides is 3. The first-order valence-corrected chi connectivity index (χ1v) is 4.55. The molecular weight excluding hydrogens is 219 g/mol. The van der Waals surface area contributed by atoms with Gasteiger partial charge >= 0.3 is 6.18 Å². The third-order valence-electron chi connectivity index (χ3n) is 1.55. The van der Waals surface area contributed by atoms with Crippen LogP contribution in [0.1, 0.15) is 35.3 Å². The van der Waals surface area contributed by atoms with Gasteiger partial charge in [0.15, 0.2) is 0 Å². The fourth-order valence-corrected chi connectivity index (χ4v) is 0.948. The summed E-state index contributed by atoms with van der Waals surface area (Å²) in [6, 6.07) is 4.06. The van der Waals surface area contributed by atoms with Crippen molar-refractivity contribution in [2.45, 2.75) is 20.0 Å². The summed E-state index contributed by atoms with van der Waals surface area (Å²) >= 11 is 0. The van der Waals surface area contributed by atoms with Crippen molar-refractivity contribution >= 4 is 6.29 Å². The Labute approximate surface area is 91.3 Å². The van der Waals surface area contributed by atoms with Gasteiger partial charge in [-0.05, 0) is 18.2 Å². The Bertz CT molecular complexity index is 405. The predicted molar refractivity (Wildman–Crippen MR) is 52.9 cm³/mol. The van der Waals surface area contributed by atoms with Crippen LogP contribution in [-0.2, 0) is 6.18 Å². The molecule has 1 aromatic carbocycles. The molecule has 0 fully saturated rings. The van der Waals surface area contributed by atoms with Gasteiger partial charge in [-0.25, -0.2) is 0 Å². The quantitative estimate of drug-likeness (QED) is 0.692. The Hall–Kier alpha value is -1.83. The van der Waals surface area contributed by atoms with E-state index in [-0.39, 0.29) is 17.4 Å². The van der Waals surface area contributed by atoms with Gasteiger partial charge in [-0.3, -0.25) is 4.79 Å². The SMILES string of the molecule is CC.N#Cc1cc(C=O)cc(C(F)(F)F)c1. The predicted octanol–water partition coefficient (Wildman–Crippen LogP) is 3.42. The number of halogens is 3. The second-order valence-electron chi connectivity index (χ2n) is 2.57. The van der Waals surface area contributed by atoms with Gasteiger partial charge in [0.05, 0.1) is 17.2 Å². The van der Waals surface area contributed by atoms with Crippen LogP contribution in [0, 0.1) is 11.3 Å². The highest BCUT2D eigenvalue weighted by atomic mass is 19.4. The van der Waals surface area contributed by atoms with E-state index in [1.807, 2.05) is 13.8 Å². The van der Waals surface area contributed by atoms with Crippen LogP contribution < -0.4 is 0 Å². The first-order valence-electron chi connectivity index (χ1n) is 4.55. The lowest BCUT2D eigenvalue weighted by molar-refractivity contribution is -0.137. The van der Waals surface area contributed by atoms with Gasteiger partial charge in [0.1, 0.15) is 6.29 Å². The van der Waals surface area contributed by atoms with E-state index in [1.165, 1.54) is 0 Å². The van der Waals surface area contributed by atoms with Crippen molar-refractivity contribution < 1.29 is 18.0 Å². The van der Waals surface area contributed by atoms with Gasteiger partial charge < -0.3 is 0 Å². The van der Waals surface area contributed by atoms with Crippen molar-refractivity contribution in [3.05, 3.63) is 34.9 Å². The minimum Gasteiger partial charge on any atom is -0.298 e. The van der Waals surface area contributed by atoms with Crippen molar-refractivity contribution in [3.8, 4) is 6.07 Å². The topological polar surface area (TPSA) is 40.9 Å². The van der Waals surface area contributed by atoms with Gasteiger partial charge in [0.25, 0.3) is 0 Å². The molecule has 0 bridgehead atoms. The van der Waals surface area contributed by atoms with Crippen LogP contribution in [0.25, 0.3) is 0 Å². The summed E-state index contributed by atoms with van der Waals surface area (Å²) < 4.78 is 36.6. The van der Waals surface area contributed by atoms with Crippen LogP contribution >= 0.6 is 0 Å². The number of nitriles is 1. The number of aldehydes is 1. The molecule has 0 aliphatic rings. The van der Waals surface area contributed by atoms with E-state index in [4.69, 9.17) is 5.26 Å². The number of carbonyl (C=O) groups is 1. The first kappa shape index (κ1) is 14.2. The Morgan fingerprint density at radius 1 is 1.25 bits per heavy atom. The Balaban J connectivity index is 0.00000106. The second-order valence-corrected chi connectivity index (χ2v) is 2.57. The van der Waals surface area contributed by atoms with E-state index in [9.17, 15) is 18.0 Å². The highest BCUT2D eigenvalue weighted by Gasteiger charge is 2.31. The number of carbonyl (C=O) groups excluding carboxylic acids is 1. The highest BCUT2D eigenvalue weighted by Crippen LogP contribution is 2.30. The lowest BCUT2D eigenvalue weighted by atomic mass is 10.1. The Kier molecular flexibility index (Phi) is 5.23. The van der Waals surface area contributed by atoms with E-state index in [0.717, 1.165) is 6.07 Å². The van der Waals surface area contributed by atoms with E-state index >= 15 is 0 Å². The molecule has 0 N–H and O–H groups in total. The van der Waals surface area contributed by atoms with E-state index in [1.54, 1.807) is 6.07 Å². The monoisotopic (exact) mass is 229 g/mol. The van der Waals surface area contributed by atoms with Crippen molar-refractivity contribution in [1.82, 2.24) is 0 Å². The fraction of sp³-hybridized carbons (Fsp3) is 0.273. The average molecular weight is 229 g/mol. The third kappa shape index (κ3) is 3.73. The Morgan fingerprint density at radius 2 is 1.81 bits per heavy atom. The molecule has 1 aromatic rings. The van der Waals surface area contributed by atoms with Gasteiger partial charge in [-0.2, -0.15) is 18.4 Å². The lowest BCUT2D eigenvalue weighted by Gasteiger charge is -2.06. The molecule has 0 radical (unpaired) electrons. The number of hydrogen-bond acceptors (Lipinski definition) is 2. The molecular formula is C11H10F3NO. The maximum absolute atomic E-state index is 12.2. The molecule has 0 saturated heterocycles. The zero-order valence-corrected chi connectivity index (χ0v) is 8.80. The molecule has 2 nitrogen and oxygen atoms in total. The van der Waals surface area contributed by atoms with Gasteiger partial charge in [-0.1, -0.05) is 13.8 Å². The van der Waals surface area contributed by atoms with Crippen LogP contribution in [0.5, 0.6) is 0 Å². The fourth-order valence-electron chi connectivity index (χ4n) is 0.948. The summed E-state index contributed by atoms with van der Waals surface area (Å²) in [7, 11) is 0. The minimum atomic E-state index is -4.54. The number of benzene rings is 1. The van der Waals surface area contributed by atoms with Crippen LogP contribution in [0.3, 0.4) is 0 Å². The summed E-state index contributed by atoms with van der Waals surface area (Å²) in [6.45, 7) is 4.00. The van der Waals surface area contributed by atoms with Gasteiger partial charge in [0, 0.05) is 5.56 Å². The van der Waals surface area contributed by atoms with Gasteiger partial charge in [-0.15, -0.1) is 0 Å². The van der Waals surface area contributed by atoms with Crippen LogP contribution in [-0.4, -0.2) is 6.29 Å². The molecule has 0 saturated carbocycles. The minimum absolute atomic E-state index is 0.156. The van der Waals surface area contributed by atoms with E-state index in [2.05, 4.69) is 0 Å². The molecule has 5 heteroatoms. The third-order valence-corrected chi connectivity index (χ3v) is 1.55. The summed E-state index contributed by atoms with van der Waals surface area (Å²) in [5.41, 5.74) is -1.32. The number of rotatable bonds is 1. The second kappa shape index (κ2) is 5.91. The highest BCUT2D eigenvalue weighted by molar-refractivity contribution is 5.76. The number of nitrogens with zero attached hydrogens (tertiary/aromatic N) is 1. The zero-order valence-electron chi connectivity index (χ0n) is 8.80. The zero-order chi connectivity index (χ0) is 12.8. The standard InChI is InChI=1S/C9H4F3NO.C2H6/c10-9(11,12)8-2-6(4-13)1-7(3-8)5-14;1-2/h1-3,5H;1-2H3. The van der Waals surface area contributed by atoms with Crippen molar-refractivity contribution in [2.24, 2.45) is 0 Å². The van der Waals surface area contributed by atoms with Crippen LogP contribution in [0.2, 0.25) is 0 Å².